The lowest BCUT2D eigenvalue weighted by Crippen LogP contribution is -2.77. The van der Waals surface area contributed by atoms with Crippen LogP contribution in [-0.2, 0) is 38.1 Å². The Morgan fingerprint density at radius 3 is 1.89 bits per heavy atom. The van der Waals surface area contributed by atoms with Crippen molar-refractivity contribution in [1.29, 1.82) is 0 Å². The topological polar surface area (TPSA) is 232 Å². The van der Waals surface area contributed by atoms with Crippen molar-refractivity contribution in [3.8, 4) is 0 Å². The van der Waals surface area contributed by atoms with E-state index >= 15 is 4.79 Å². The van der Waals surface area contributed by atoms with E-state index in [1.807, 2.05) is 0 Å². The summed E-state index contributed by atoms with van der Waals surface area (Å²) in [6.07, 6.45) is -12.2. The van der Waals surface area contributed by atoms with E-state index in [9.17, 15) is 44.4 Å². The van der Waals surface area contributed by atoms with Crippen LogP contribution < -0.4 is 5.32 Å². The molecule has 11 atom stereocenters. The molecule has 15 nitrogen and oxygen atoms in total. The molecule has 0 aromatic heterocycles. The Hall–Kier alpha value is -5.74. The van der Waals surface area contributed by atoms with Gasteiger partial charge < -0.3 is 44.7 Å². The van der Waals surface area contributed by atoms with Crippen molar-refractivity contribution in [1.82, 2.24) is 5.32 Å². The second-order valence-corrected chi connectivity index (χ2v) is 17.4. The molecule has 3 aromatic rings. The van der Waals surface area contributed by atoms with Gasteiger partial charge in [-0.3, -0.25) is 19.2 Å². The number of aliphatic hydroxyl groups is 4. The highest BCUT2D eigenvalue weighted by molar-refractivity contribution is 5.96. The van der Waals surface area contributed by atoms with Crippen LogP contribution in [0.3, 0.4) is 0 Å². The van der Waals surface area contributed by atoms with E-state index in [4.69, 9.17) is 18.9 Å². The van der Waals surface area contributed by atoms with Crippen molar-refractivity contribution in [2.45, 2.75) is 122 Å². The summed E-state index contributed by atoms with van der Waals surface area (Å²) in [6, 6.07) is 22.7. The first kappa shape index (κ1) is 46.8. The van der Waals surface area contributed by atoms with Crippen LogP contribution in [0.1, 0.15) is 100 Å². The molecule has 0 radical (unpaired) electrons. The minimum atomic E-state index is -2.48. The number of Topliss-reactive ketones (excluding diaryl/α,β-unsaturated/α-hetero) is 1. The third-order valence-corrected chi connectivity index (χ3v) is 13.6. The minimum Gasteiger partial charge on any atom is -0.456 e. The molecule has 3 aliphatic rings. The van der Waals surface area contributed by atoms with Gasteiger partial charge in [0.15, 0.2) is 18.0 Å². The maximum Gasteiger partial charge on any atom is 0.338 e. The van der Waals surface area contributed by atoms with E-state index in [0.717, 1.165) is 13.8 Å². The second-order valence-electron chi connectivity index (χ2n) is 17.4. The van der Waals surface area contributed by atoms with Crippen LogP contribution in [0.25, 0.3) is 0 Å². The molecular formula is C48H55NO14. The number of ether oxygens (including phenoxy) is 4. The van der Waals surface area contributed by atoms with Crippen molar-refractivity contribution >= 4 is 35.6 Å². The summed E-state index contributed by atoms with van der Waals surface area (Å²) in [5, 5.41) is 52.2. The lowest BCUT2D eigenvalue weighted by atomic mass is 9.45. The molecule has 63 heavy (non-hydrogen) atoms. The average molecular weight is 870 g/mol. The summed E-state index contributed by atoms with van der Waals surface area (Å²) in [5.74, 6) is -7.37. The first-order valence-electron chi connectivity index (χ1n) is 20.9. The van der Waals surface area contributed by atoms with Gasteiger partial charge in [-0.15, -0.1) is 0 Å². The summed E-state index contributed by atoms with van der Waals surface area (Å²) in [4.78, 5) is 83.7. The molecule has 0 saturated heterocycles. The molecule has 2 saturated carbocycles. The normalized spacial score (nSPS) is 30.9. The molecule has 2 fully saturated rings. The molecule has 2 bridgehead atoms. The summed E-state index contributed by atoms with van der Waals surface area (Å²) < 4.78 is 24.3. The Labute approximate surface area is 365 Å². The predicted octanol–water partition coefficient (Wildman–Crippen LogP) is 4.11. The van der Waals surface area contributed by atoms with Gasteiger partial charge in [0.2, 0.25) is 0 Å². The maximum absolute atomic E-state index is 15.5. The number of hydrogen-bond acceptors (Lipinski definition) is 14. The molecule has 3 aromatic carbocycles. The smallest absolute Gasteiger partial charge is 0.338 e. The quantitative estimate of drug-likeness (QED) is 0.104. The fourth-order valence-corrected chi connectivity index (χ4v) is 10.2. The average Bonchev–Trinajstić information content (AvgIpc) is 3.25. The highest BCUT2D eigenvalue weighted by atomic mass is 16.6. The third-order valence-electron chi connectivity index (χ3n) is 13.6. The Morgan fingerprint density at radius 1 is 0.794 bits per heavy atom. The highest BCUT2D eigenvalue weighted by Gasteiger charge is 2.75. The van der Waals surface area contributed by atoms with Crippen molar-refractivity contribution in [3.05, 3.63) is 119 Å². The van der Waals surface area contributed by atoms with Gasteiger partial charge in [0.05, 0.1) is 35.1 Å². The van der Waals surface area contributed by atoms with Gasteiger partial charge in [0, 0.05) is 37.7 Å². The fourth-order valence-electron chi connectivity index (χ4n) is 10.2. The Balaban J connectivity index is 1.56. The molecule has 0 heterocycles. The van der Waals surface area contributed by atoms with Crippen LogP contribution in [0.2, 0.25) is 0 Å². The first-order chi connectivity index (χ1) is 29.6. The van der Waals surface area contributed by atoms with Crippen molar-refractivity contribution < 1.29 is 68.1 Å². The molecule has 1 amide bonds. The van der Waals surface area contributed by atoms with Crippen LogP contribution in [0.5, 0.6) is 0 Å². The SMILES string of the molecule is CC[C@]1(OC(C)=O)[C@H](O)C[C@H](O)[C@@]2(C)C(=O)[C@H](OC(C)=O)C3=C(C)[C@@H](OC(=O)[C@H](O)[C@@H](NC(=O)c4ccccc4)c4ccccc4)C[C@@](O)([C@@H](OC(=O)c4ccccc4)[C@H]12)C3(C)C. The monoisotopic (exact) mass is 869 g/mol. The van der Waals surface area contributed by atoms with Gasteiger partial charge in [0.1, 0.15) is 23.4 Å². The number of aliphatic hydroxyl groups excluding tert-OH is 3. The number of esters is 4. The van der Waals surface area contributed by atoms with E-state index in [1.54, 1.807) is 85.8 Å². The van der Waals surface area contributed by atoms with E-state index < -0.39 is 119 Å². The van der Waals surface area contributed by atoms with Gasteiger partial charge >= 0.3 is 23.9 Å². The fraction of sp³-hybridized carbons (Fsp3) is 0.458. The van der Waals surface area contributed by atoms with E-state index in [-0.39, 0.29) is 28.7 Å². The highest BCUT2D eigenvalue weighted by Crippen LogP contribution is 2.63. The molecule has 3 aliphatic carbocycles. The standard InChI is InChI=1S/C48H55NO14/c1-8-47(63-28(4)51)34(53)24-33(52)46(7)39(47)41(62-43(57)31-22-16-11-17-23-31)48(59)25-32(26(2)35(45(48,5)6)38(40(46)55)60-27(3)50)61-44(58)37(54)36(29-18-12-9-13-19-29)49-42(56)30-20-14-10-15-21-30/h9-23,32-34,36-39,41,52-54,59H,8,24-25H2,1-7H3,(H,49,56)/t32-,33-,34+,36-,37+,38+,39-,41-,46+,47-,48+/m0/s1. The van der Waals surface area contributed by atoms with Gasteiger partial charge in [-0.25, -0.2) is 9.59 Å². The van der Waals surface area contributed by atoms with Gasteiger partial charge in [-0.1, -0.05) is 87.5 Å². The number of rotatable bonds is 11. The van der Waals surface area contributed by atoms with Crippen molar-refractivity contribution in [3.63, 3.8) is 0 Å². The third kappa shape index (κ3) is 8.18. The summed E-state index contributed by atoms with van der Waals surface area (Å²) in [7, 11) is 0. The minimum absolute atomic E-state index is 0.0247. The Kier molecular flexibility index (Phi) is 13.2. The molecule has 15 heteroatoms. The van der Waals surface area contributed by atoms with Gasteiger partial charge in [-0.05, 0) is 61.2 Å². The molecule has 6 rings (SSSR count). The number of nitrogens with one attached hydrogen (secondary N) is 1. The first-order valence-corrected chi connectivity index (χ1v) is 20.9. The maximum atomic E-state index is 15.5. The molecular weight excluding hydrogens is 815 g/mol. The summed E-state index contributed by atoms with van der Waals surface area (Å²) in [6.45, 7) is 9.58. The van der Waals surface area contributed by atoms with Crippen LogP contribution in [0.15, 0.2) is 102 Å². The zero-order valence-electron chi connectivity index (χ0n) is 36.3. The summed E-state index contributed by atoms with van der Waals surface area (Å²) in [5.41, 5.74) is -7.82. The Bertz CT molecular complexity index is 2260. The van der Waals surface area contributed by atoms with Crippen LogP contribution >= 0.6 is 0 Å². The number of carbonyl (C=O) groups excluding carboxylic acids is 6. The zero-order chi connectivity index (χ0) is 46.2. The largest absolute Gasteiger partial charge is 0.456 e. The van der Waals surface area contributed by atoms with E-state index in [0.29, 0.717) is 5.56 Å². The number of benzene rings is 3. The second kappa shape index (κ2) is 17.8. The van der Waals surface area contributed by atoms with Crippen molar-refractivity contribution in [2.75, 3.05) is 0 Å². The van der Waals surface area contributed by atoms with Crippen LogP contribution in [0, 0.1) is 16.7 Å². The molecule has 0 unspecified atom stereocenters. The molecule has 5 N–H and O–H groups in total. The zero-order valence-corrected chi connectivity index (χ0v) is 36.3. The van der Waals surface area contributed by atoms with Gasteiger partial charge in [0.25, 0.3) is 5.91 Å². The number of fused-ring (bicyclic) bond motifs is 3. The molecule has 0 aliphatic heterocycles. The summed E-state index contributed by atoms with van der Waals surface area (Å²) >= 11 is 0. The van der Waals surface area contributed by atoms with Crippen molar-refractivity contribution in [2.24, 2.45) is 16.7 Å². The Morgan fingerprint density at radius 2 is 1.35 bits per heavy atom. The predicted molar refractivity (Wildman–Crippen MR) is 224 cm³/mol. The molecule has 0 spiro atoms. The number of carbonyl (C=O) groups is 6. The van der Waals surface area contributed by atoms with E-state index in [2.05, 4.69) is 5.32 Å². The number of amides is 1. The van der Waals surface area contributed by atoms with Crippen LogP contribution in [0.4, 0.5) is 0 Å². The lowest BCUT2D eigenvalue weighted by molar-refractivity contribution is -0.284. The number of ketones is 1. The van der Waals surface area contributed by atoms with E-state index in [1.165, 1.54) is 39.8 Å². The van der Waals surface area contributed by atoms with Gasteiger partial charge in [-0.2, -0.15) is 0 Å². The lowest BCUT2D eigenvalue weighted by Gasteiger charge is -2.64. The van der Waals surface area contributed by atoms with Crippen LogP contribution in [-0.4, -0.2) is 104 Å². The molecule has 336 valence electrons. The number of hydrogen-bond donors (Lipinski definition) is 5.